The number of nitrogens with two attached hydrogens (primary N) is 1. The van der Waals surface area contributed by atoms with Crippen molar-refractivity contribution in [1.82, 2.24) is 5.32 Å². The summed E-state index contributed by atoms with van der Waals surface area (Å²) in [4.78, 5) is 0. The van der Waals surface area contributed by atoms with E-state index in [2.05, 4.69) is 24.4 Å². The van der Waals surface area contributed by atoms with Crippen LogP contribution in [0, 0.1) is 5.82 Å². The lowest BCUT2D eigenvalue weighted by Gasteiger charge is -2.17. The molecule has 0 aliphatic carbocycles. The normalized spacial score (nSPS) is 12.3. The van der Waals surface area contributed by atoms with Crippen molar-refractivity contribution in [2.75, 3.05) is 18.8 Å². The number of nitrogens with one attached hydrogen (secondary N) is 1. The van der Waals surface area contributed by atoms with Crippen LogP contribution in [-0.2, 0) is 6.42 Å². The standard InChI is InChI=1S/C20H27FN2/c1-2-3-17(18-6-8-19(21)9-7-18)13-15-23-14-12-16-4-10-20(22)11-5-16/h4-11,17,23H,2-3,12-15,22H2,1H3. The number of halogens is 1. The minimum atomic E-state index is -0.161. The maximum Gasteiger partial charge on any atom is 0.123 e. The molecule has 0 aliphatic rings. The third kappa shape index (κ3) is 6.03. The summed E-state index contributed by atoms with van der Waals surface area (Å²) in [6.45, 7) is 4.15. The van der Waals surface area contributed by atoms with Gasteiger partial charge in [0.25, 0.3) is 0 Å². The summed E-state index contributed by atoms with van der Waals surface area (Å²) >= 11 is 0. The van der Waals surface area contributed by atoms with Crippen molar-refractivity contribution >= 4 is 5.69 Å². The number of rotatable bonds is 9. The van der Waals surface area contributed by atoms with Gasteiger partial charge in [0, 0.05) is 5.69 Å². The Labute approximate surface area is 138 Å². The van der Waals surface area contributed by atoms with E-state index in [1.807, 2.05) is 24.3 Å². The van der Waals surface area contributed by atoms with Gasteiger partial charge >= 0.3 is 0 Å². The number of anilines is 1. The molecule has 0 aromatic heterocycles. The predicted octanol–water partition coefficient (Wildman–Crippen LogP) is 4.51. The van der Waals surface area contributed by atoms with Crippen molar-refractivity contribution in [2.24, 2.45) is 0 Å². The molecule has 0 amide bonds. The molecule has 2 aromatic carbocycles. The van der Waals surface area contributed by atoms with E-state index in [4.69, 9.17) is 5.73 Å². The van der Waals surface area contributed by atoms with Gasteiger partial charge in [-0.2, -0.15) is 0 Å². The molecule has 2 nitrogen and oxygen atoms in total. The summed E-state index contributed by atoms with van der Waals surface area (Å²) in [6, 6.07) is 15.0. The van der Waals surface area contributed by atoms with E-state index in [-0.39, 0.29) is 5.82 Å². The number of nitrogen functional groups attached to an aromatic ring is 1. The highest BCUT2D eigenvalue weighted by molar-refractivity contribution is 5.39. The average Bonchev–Trinajstić information content (AvgIpc) is 2.56. The zero-order chi connectivity index (χ0) is 16.5. The Kier molecular flexibility index (Phi) is 7.08. The van der Waals surface area contributed by atoms with Crippen LogP contribution in [0.15, 0.2) is 48.5 Å². The topological polar surface area (TPSA) is 38.0 Å². The molecule has 23 heavy (non-hydrogen) atoms. The molecule has 0 saturated heterocycles. The van der Waals surface area contributed by atoms with Crippen molar-refractivity contribution in [3.05, 3.63) is 65.5 Å². The Morgan fingerprint density at radius 1 is 0.957 bits per heavy atom. The summed E-state index contributed by atoms with van der Waals surface area (Å²) in [5, 5.41) is 3.51. The molecule has 1 atom stereocenters. The van der Waals surface area contributed by atoms with Crippen LogP contribution in [-0.4, -0.2) is 13.1 Å². The molecule has 3 heteroatoms. The monoisotopic (exact) mass is 314 g/mol. The first-order chi connectivity index (χ1) is 11.2. The SMILES string of the molecule is CCCC(CCNCCc1ccc(N)cc1)c1ccc(F)cc1. The highest BCUT2D eigenvalue weighted by atomic mass is 19.1. The van der Waals surface area contributed by atoms with E-state index in [0.717, 1.165) is 44.5 Å². The van der Waals surface area contributed by atoms with Crippen molar-refractivity contribution < 1.29 is 4.39 Å². The third-order valence-corrected chi connectivity index (χ3v) is 4.22. The second kappa shape index (κ2) is 9.31. The molecule has 0 saturated carbocycles. The molecule has 0 spiro atoms. The summed E-state index contributed by atoms with van der Waals surface area (Å²) in [6.07, 6.45) is 4.38. The predicted molar refractivity (Wildman–Crippen MR) is 96.1 cm³/mol. The summed E-state index contributed by atoms with van der Waals surface area (Å²) < 4.78 is 13.1. The molecule has 3 N–H and O–H groups in total. The van der Waals surface area contributed by atoms with Gasteiger partial charge in [-0.25, -0.2) is 4.39 Å². The van der Waals surface area contributed by atoms with Gasteiger partial charge in [0.05, 0.1) is 0 Å². The van der Waals surface area contributed by atoms with E-state index >= 15 is 0 Å². The molecule has 2 rings (SSSR count). The Hall–Kier alpha value is -1.87. The molecule has 0 bridgehead atoms. The Balaban J connectivity index is 1.73. The van der Waals surface area contributed by atoms with Crippen molar-refractivity contribution in [1.29, 1.82) is 0 Å². The van der Waals surface area contributed by atoms with Gasteiger partial charge in [-0.15, -0.1) is 0 Å². The molecule has 1 unspecified atom stereocenters. The quantitative estimate of drug-likeness (QED) is 0.528. The molecular formula is C20H27FN2. The summed E-state index contributed by atoms with van der Waals surface area (Å²) in [5.41, 5.74) is 9.04. The second-order valence-corrected chi connectivity index (χ2v) is 6.07. The first-order valence-electron chi connectivity index (χ1n) is 8.49. The Bertz CT molecular complexity index is 563. The first-order valence-corrected chi connectivity index (χ1v) is 8.49. The molecule has 0 heterocycles. The van der Waals surface area contributed by atoms with Crippen LogP contribution in [0.25, 0.3) is 0 Å². The molecule has 0 fully saturated rings. The van der Waals surface area contributed by atoms with Crippen LogP contribution in [0.4, 0.5) is 10.1 Å². The lowest BCUT2D eigenvalue weighted by atomic mass is 9.91. The van der Waals surface area contributed by atoms with Gasteiger partial charge in [0.2, 0.25) is 0 Å². The van der Waals surface area contributed by atoms with Gasteiger partial charge in [-0.3, -0.25) is 0 Å². The minimum Gasteiger partial charge on any atom is -0.399 e. The van der Waals surface area contributed by atoms with E-state index in [1.54, 1.807) is 12.1 Å². The number of hydrogen-bond acceptors (Lipinski definition) is 2. The van der Waals surface area contributed by atoms with Gasteiger partial charge in [-0.1, -0.05) is 37.6 Å². The van der Waals surface area contributed by atoms with Crippen LogP contribution in [0.1, 0.15) is 43.2 Å². The number of hydrogen-bond donors (Lipinski definition) is 2. The van der Waals surface area contributed by atoms with E-state index in [1.165, 1.54) is 11.1 Å². The van der Waals surface area contributed by atoms with Crippen molar-refractivity contribution in [3.63, 3.8) is 0 Å². The average molecular weight is 314 g/mol. The Morgan fingerprint density at radius 2 is 1.65 bits per heavy atom. The van der Waals surface area contributed by atoms with Gasteiger partial charge in [0.1, 0.15) is 5.82 Å². The maximum absolute atomic E-state index is 13.1. The lowest BCUT2D eigenvalue weighted by molar-refractivity contribution is 0.532. The molecular weight excluding hydrogens is 287 g/mol. The number of benzene rings is 2. The highest BCUT2D eigenvalue weighted by Gasteiger charge is 2.10. The summed E-state index contributed by atoms with van der Waals surface area (Å²) in [7, 11) is 0. The molecule has 0 aliphatic heterocycles. The summed E-state index contributed by atoms with van der Waals surface area (Å²) in [5.74, 6) is 0.343. The Morgan fingerprint density at radius 3 is 2.30 bits per heavy atom. The van der Waals surface area contributed by atoms with Crippen molar-refractivity contribution in [2.45, 2.75) is 38.5 Å². The van der Waals surface area contributed by atoms with Crippen LogP contribution in [0.5, 0.6) is 0 Å². The fourth-order valence-corrected chi connectivity index (χ4v) is 2.88. The van der Waals surface area contributed by atoms with Crippen molar-refractivity contribution in [3.8, 4) is 0 Å². The second-order valence-electron chi connectivity index (χ2n) is 6.07. The molecule has 2 aromatic rings. The van der Waals surface area contributed by atoms with E-state index in [0.29, 0.717) is 5.92 Å². The highest BCUT2D eigenvalue weighted by Crippen LogP contribution is 2.24. The van der Waals surface area contributed by atoms with E-state index in [9.17, 15) is 4.39 Å². The first kappa shape index (κ1) is 17.5. The third-order valence-electron chi connectivity index (χ3n) is 4.22. The van der Waals surface area contributed by atoms with E-state index < -0.39 is 0 Å². The van der Waals surface area contributed by atoms with Crippen LogP contribution >= 0.6 is 0 Å². The molecule has 0 radical (unpaired) electrons. The molecule has 124 valence electrons. The van der Waals surface area contributed by atoms with Crippen LogP contribution < -0.4 is 11.1 Å². The smallest absolute Gasteiger partial charge is 0.123 e. The zero-order valence-electron chi connectivity index (χ0n) is 13.9. The largest absolute Gasteiger partial charge is 0.399 e. The maximum atomic E-state index is 13.1. The zero-order valence-corrected chi connectivity index (χ0v) is 13.9. The fraction of sp³-hybridized carbons (Fsp3) is 0.400. The van der Waals surface area contributed by atoms with Crippen LogP contribution in [0.2, 0.25) is 0 Å². The van der Waals surface area contributed by atoms with Gasteiger partial charge in [-0.05, 0) is 73.7 Å². The minimum absolute atomic E-state index is 0.161. The fourth-order valence-electron chi connectivity index (χ4n) is 2.88. The lowest BCUT2D eigenvalue weighted by Crippen LogP contribution is -2.20. The van der Waals surface area contributed by atoms with Crippen LogP contribution in [0.3, 0.4) is 0 Å². The van der Waals surface area contributed by atoms with Gasteiger partial charge < -0.3 is 11.1 Å². The van der Waals surface area contributed by atoms with Gasteiger partial charge in [0.15, 0.2) is 0 Å².